The van der Waals surface area contributed by atoms with Crippen LogP contribution in [0.2, 0.25) is 0 Å². The molecule has 0 bridgehead atoms. The van der Waals surface area contributed by atoms with Crippen molar-refractivity contribution < 1.29 is 14.2 Å². The van der Waals surface area contributed by atoms with Crippen LogP contribution in [0, 0.1) is 11.8 Å². The summed E-state index contributed by atoms with van der Waals surface area (Å²) in [6.07, 6.45) is 5.92. The zero-order chi connectivity index (χ0) is 14.0. The highest BCUT2D eigenvalue weighted by molar-refractivity contribution is 4.85. The average Bonchev–Trinajstić information content (AvgIpc) is 2.84. The molecule has 0 aromatic carbocycles. The zero-order valence-electron chi connectivity index (χ0n) is 12.9. The van der Waals surface area contributed by atoms with Crippen LogP contribution in [0.3, 0.4) is 0 Å². The quantitative estimate of drug-likeness (QED) is 0.863. The first kappa shape index (κ1) is 14.8. The van der Waals surface area contributed by atoms with Crippen molar-refractivity contribution in [2.24, 2.45) is 11.8 Å². The smallest absolute Gasteiger partial charge is 0.173 e. The van der Waals surface area contributed by atoms with E-state index in [0.29, 0.717) is 6.04 Å². The van der Waals surface area contributed by atoms with Crippen LogP contribution < -0.4 is 5.32 Å². The fourth-order valence-electron chi connectivity index (χ4n) is 3.69. The predicted octanol–water partition coefficient (Wildman–Crippen LogP) is 2.32. The van der Waals surface area contributed by atoms with Crippen molar-refractivity contribution in [3.05, 3.63) is 0 Å². The van der Waals surface area contributed by atoms with Crippen molar-refractivity contribution in [1.29, 1.82) is 0 Å². The van der Waals surface area contributed by atoms with Gasteiger partial charge in [-0.05, 0) is 31.1 Å². The summed E-state index contributed by atoms with van der Waals surface area (Å²) >= 11 is 0. The minimum atomic E-state index is -0.334. The Balaban J connectivity index is 1.41. The Kier molecular flexibility index (Phi) is 4.65. The summed E-state index contributed by atoms with van der Waals surface area (Å²) in [5.41, 5.74) is 0. The lowest BCUT2D eigenvalue weighted by Crippen LogP contribution is -2.42. The van der Waals surface area contributed by atoms with Gasteiger partial charge in [0.2, 0.25) is 0 Å². The Morgan fingerprint density at radius 3 is 2.65 bits per heavy atom. The molecule has 0 amide bonds. The van der Waals surface area contributed by atoms with E-state index in [-0.39, 0.29) is 11.9 Å². The Hall–Kier alpha value is -0.160. The molecular weight excluding hydrogens is 254 g/mol. The fraction of sp³-hybridized carbons (Fsp3) is 1.00. The van der Waals surface area contributed by atoms with Crippen LogP contribution in [-0.4, -0.2) is 44.3 Å². The van der Waals surface area contributed by atoms with Crippen LogP contribution >= 0.6 is 0 Å². The van der Waals surface area contributed by atoms with Gasteiger partial charge in [-0.15, -0.1) is 0 Å². The molecule has 0 aromatic heterocycles. The van der Waals surface area contributed by atoms with E-state index >= 15 is 0 Å². The van der Waals surface area contributed by atoms with Crippen LogP contribution in [0.25, 0.3) is 0 Å². The van der Waals surface area contributed by atoms with Crippen LogP contribution in [0.4, 0.5) is 0 Å². The van der Waals surface area contributed by atoms with E-state index in [1.54, 1.807) is 0 Å². The van der Waals surface area contributed by atoms with Crippen LogP contribution in [0.15, 0.2) is 0 Å². The lowest BCUT2D eigenvalue weighted by atomic mass is 9.79. The minimum absolute atomic E-state index is 0.211. The molecule has 0 radical (unpaired) electrons. The molecule has 0 aromatic rings. The van der Waals surface area contributed by atoms with Gasteiger partial charge >= 0.3 is 0 Å². The van der Waals surface area contributed by atoms with Gasteiger partial charge in [0.25, 0.3) is 0 Å². The summed E-state index contributed by atoms with van der Waals surface area (Å²) in [5, 5.41) is 3.70. The Bertz CT molecular complexity index is 317. The summed E-state index contributed by atoms with van der Waals surface area (Å²) in [5.74, 6) is 1.38. The zero-order valence-corrected chi connectivity index (χ0v) is 12.9. The summed E-state index contributed by atoms with van der Waals surface area (Å²) < 4.78 is 17.5. The molecule has 1 saturated carbocycles. The van der Waals surface area contributed by atoms with E-state index in [1.165, 1.54) is 19.3 Å². The Morgan fingerprint density at radius 2 is 1.90 bits per heavy atom. The lowest BCUT2D eigenvalue weighted by molar-refractivity contribution is -0.210. The molecule has 4 nitrogen and oxygen atoms in total. The average molecular weight is 283 g/mol. The maximum atomic E-state index is 6.16. The largest absolute Gasteiger partial charge is 0.381 e. The van der Waals surface area contributed by atoms with Crippen LogP contribution in [0.5, 0.6) is 0 Å². The van der Waals surface area contributed by atoms with Gasteiger partial charge in [0.05, 0.1) is 25.9 Å². The molecular formula is C16H29NO3. The summed E-state index contributed by atoms with van der Waals surface area (Å²) in [6.45, 7) is 7.94. The third-order valence-corrected chi connectivity index (χ3v) is 5.40. The van der Waals surface area contributed by atoms with Gasteiger partial charge in [0.1, 0.15) is 0 Å². The highest BCUT2D eigenvalue weighted by Crippen LogP contribution is 2.33. The van der Waals surface area contributed by atoms with Crippen molar-refractivity contribution in [2.75, 3.05) is 26.4 Å². The predicted molar refractivity (Wildman–Crippen MR) is 77.6 cm³/mol. The summed E-state index contributed by atoms with van der Waals surface area (Å²) in [4.78, 5) is 0. The molecule has 4 heteroatoms. The van der Waals surface area contributed by atoms with Crippen LogP contribution in [0.1, 0.15) is 46.0 Å². The van der Waals surface area contributed by atoms with E-state index < -0.39 is 0 Å². The van der Waals surface area contributed by atoms with E-state index in [2.05, 4.69) is 19.2 Å². The van der Waals surface area contributed by atoms with E-state index in [1.807, 2.05) is 0 Å². The molecule has 3 fully saturated rings. The first-order valence-corrected chi connectivity index (χ1v) is 8.30. The molecule has 0 unspecified atom stereocenters. The SMILES string of the molecule is C[C@@H]1CC[C@H](NC[C@H]2COC3(CCOCC3)O2)C[C@@H]1C. The number of hydrogen-bond acceptors (Lipinski definition) is 4. The third kappa shape index (κ3) is 3.35. The van der Waals surface area contributed by atoms with E-state index in [9.17, 15) is 0 Å². The van der Waals surface area contributed by atoms with Gasteiger partial charge in [0.15, 0.2) is 5.79 Å². The monoisotopic (exact) mass is 283 g/mol. The van der Waals surface area contributed by atoms with Crippen LogP contribution in [-0.2, 0) is 14.2 Å². The topological polar surface area (TPSA) is 39.7 Å². The van der Waals surface area contributed by atoms with Crippen molar-refractivity contribution in [1.82, 2.24) is 5.32 Å². The van der Waals surface area contributed by atoms with Gasteiger partial charge < -0.3 is 19.5 Å². The first-order chi connectivity index (χ1) is 9.67. The summed E-state index contributed by atoms with van der Waals surface area (Å²) in [7, 11) is 0. The highest BCUT2D eigenvalue weighted by Gasteiger charge is 2.42. The second-order valence-corrected chi connectivity index (χ2v) is 6.95. The normalized spacial score (nSPS) is 41.1. The molecule has 3 rings (SSSR count). The molecule has 3 aliphatic rings. The Labute approximate surface area is 122 Å². The van der Waals surface area contributed by atoms with Crippen molar-refractivity contribution in [2.45, 2.75) is 63.9 Å². The first-order valence-electron chi connectivity index (χ1n) is 8.30. The Morgan fingerprint density at radius 1 is 1.10 bits per heavy atom. The van der Waals surface area contributed by atoms with Crippen molar-refractivity contribution >= 4 is 0 Å². The van der Waals surface area contributed by atoms with Crippen molar-refractivity contribution in [3.8, 4) is 0 Å². The van der Waals surface area contributed by atoms with Gasteiger partial charge in [-0.1, -0.05) is 13.8 Å². The lowest BCUT2D eigenvalue weighted by Gasteiger charge is -2.34. The second kappa shape index (κ2) is 6.30. The molecule has 116 valence electrons. The second-order valence-electron chi connectivity index (χ2n) is 6.95. The molecule has 2 heterocycles. The molecule has 1 aliphatic carbocycles. The summed E-state index contributed by atoms with van der Waals surface area (Å²) in [6, 6.07) is 0.663. The van der Waals surface area contributed by atoms with Gasteiger partial charge in [0, 0.05) is 25.4 Å². The van der Waals surface area contributed by atoms with Gasteiger partial charge in [-0.25, -0.2) is 0 Å². The molecule has 1 spiro atoms. The molecule has 2 aliphatic heterocycles. The van der Waals surface area contributed by atoms with Gasteiger partial charge in [-0.2, -0.15) is 0 Å². The number of ether oxygens (including phenoxy) is 3. The number of hydrogen-bond donors (Lipinski definition) is 1. The number of rotatable bonds is 3. The molecule has 4 atom stereocenters. The standard InChI is InChI=1S/C16H29NO3/c1-12-3-4-14(9-13(12)2)17-10-15-11-19-16(20-15)5-7-18-8-6-16/h12-15,17H,3-11H2,1-2H3/t12-,13+,14+,15+/m1/s1. The minimum Gasteiger partial charge on any atom is -0.381 e. The molecule has 1 N–H and O–H groups in total. The van der Waals surface area contributed by atoms with Gasteiger partial charge in [-0.3, -0.25) is 0 Å². The number of nitrogens with one attached hydrogen (secondary N) is 1. The third-order valence-electron chi connectivity index (χ3n) is 5.40. The fourth-order valence-corrected chi connectivity index (χ4v) is 3.69. The van der Waals surface area contributed by atoms with E-state index in [0.717, 1.165) is 51.0 Å². The van der Waals surface area contributed by atoms with E-state index in [4.69, 9.17) is 14.2 Å². The molecule has 2 saturated heterocycles. The van der Waals surface area contributed by atoms with Crippen molar-refractivity contribution in [3.63, 3.8) is 0 Å². The maximum Gasteiger partial charge on any atom is 0.173 e. The maximum absolute atomic E-state index is 6.16. The highest BCUT2D eigenvalue weighted by atomic mass is 16.7. The molecule has 20 heavy (non-hydrogen) atoms.